The Morgan fingerprint density at radius 2 is 1.79 bits per heavy atom. The molecule has 0 bridgehead atoms. The van der Waals surface area contributed by atoms with Crippen LogP contribution in [-0.2, 0) is 9.59 Å². The number of aryl methyl sites for hydroxylation is 2. The summed E-state index contributed by atoms with van der Waals surface area (Å²) in [6.45, 7) is 4.94. The van der Waals surface area contributed by atoms with Crippen molar-refractivity contribution < 1.29 is 19.5 Å². The van der Waals surface area contributed by atoms with Gasteiger partial charge in [0.25, 0.3) is 5.91 Å². The van der Waals surface area contributed by atoms with E-state index in [0.717, 1.165) is 16.0 Å². The fourth-order valence-electron chi connectivity index (χ4n) is 1.64. The summed E-state index contributed by atoms with van der Waals surface area (Å²) in [6, 6.07) is 5.15. The Labute approximate surface area is 111 Å². The SMILES string of the molecule is CC(=O)N(CCC(=O)O)C(=O)c1ccc(C)c(C)c1. The van der Waals surface area contributed by atoms with Crippen molar-refractivity contribution in [3.63, 3.8) is 0 Å². The highest BCUT2D eigenvalue weighted by Crippen LogP contribution is 2.12. The summed E-state index contributed by atoms with van der Waals surface area (Å²) in [7, 11) is 0. The molecule has 5 heteroatoms. The quantitative estimate of drug-likeness (QED) is 0.898. The number of benzene rings is 1. The predicted molar refractivity (Wildman–Crippen MR) is 69.9 cm³/mol. The minimum atomic E-state index is -1.04. The predicted octanol–water partition coefficient (Wildman–Crippen LogP) is 1.77. The van der Waals surface area contributed by atoms with Crippen molar-refractivity contribution in [3.8, 4) is 0 Å². The molecule has 1 N–H and O–H groups in total. The average molecular weight is 263 g/mol. The van der Waals surface area contributed by atoms with E-state index in [2.05, 4.69) is 0 Å². The molecule has 19 heavy (non-hydrogen) atoms. The Bertz CT molecular complexity index is 522. The van der Waals surface area contributed by atoms with Crippen LogP contribution in [0.3, 0.4) is 0 Å². The zero-order valence-electron chi connectivity index (χ0n) is 11.3. The number of carboxylic acids is 1. The second kappa shape index (κ2) is 6.13. The van der Waals surface area contributed by atoms with E-state index in [9.17, 15) is 14.4 Å². The molecule has 0 aliphatic heterocycles. The van der Waals surface area contributed by atoms with Gasteiger partial charge in [-0.3, -0.25) is 19.3 Å². The van der Waals surface area contributed by atoms with E-state index in [1.54, 1.807) is 18.2 Å². The highest BCUT2D eigenvalue weighted by Gasteiger charge is 2.20. The van der Waals surface area contributed by atoms with E-state index in [1.165, 1.54) is 6.92 Å². The number of aliphatic carboxylic acids is 1. The summed E-state index contributed by atoms with van der Waals surface area (Å²) in [5.74, 6) is -1.96. The van der Waals surface area contributed by atoms with Crippen LogP contribution >= 0.6 is 0 Å². The number of carbonyl (C=O) groups is 3. The molecule has 0 atom stereocenters. The molecule has 0 saturated carbocycles. The minimum absolute atomic E-state index is 0.115. The van der Waals surface area contributed by atoms with E-state index in [0.29, 0.717) is 5.56 Å². The van der Waals surface area contributed by atoms with Crippen molar-refractivity contribution in [2.45, 2.75) is 27.2 Å². The van der Waals surface area contributed by atoms with Crippen LogP contribution < -0.4 is 0 Å². The van der Waals surface area contributed by atoms with Gasteiger partial charge in [-0.25, -0.2) is 0 Å². The van der Waals surface area contributed by atoms with Gasteiger partial charge >= 0.3 is 5.97 Å². The highest BCUT2D eigenvalue weighted by molar-refractivity contribution is 6.04. The van der Waals surface area contributed by atoms with Crippen LogP contribution in [-0.4, -0.2) is 34.3 Å². The van der Waals surface area contributed by atoms with Crippen molar-refractivity contribution in [2.75, 3.05) is 6.54 Å². The molecule has 0 saturated heterocycles. The fraction of sp³-hybridized carbons (Fsp3) is 0.357. The zero-order valence-corrected chi connectivity index (χ0v) is 11.3. The molecule has 1 rings (SSSR count). The number of hydrogen-bond donors (Lipinski definition) is 1. The van der Waals surface area contributed by atoms with Gasteiger partial charge in [0.05, 0.1) is 6.42 Å². The van der Waals surface area contributed by atoms with Gasteiger partial charge in [0, 0.05) is 19.0 Å². The number of imide groups is 1. The van der Waals surface area contributed by atoms with Gasteiger partial charge in [0.2, 0.25) is 5.91 Å². The third kappa shape index (κ3) is 3.91. The van der Waals surface area contributed by atoms with Gasteiger partial charge in [0.15, 0.2) is 0 Å². The molecule has 0 radical (unpaired) electrons. The molecule has 0 fully saturated rings. The second-order valence-electron chi connectivity index (χ2n) is 4.42. The summed E-state index contributed by atoms with van der Waals surface area (Å²) in [6.07, 6.45) is -0.254. The molecule has 0 spiro atoms. The Balaban J connectivity index is 2.95. The molecule has 0 aliphatic carbocycles. The standard InChI is InChI=1S/C14H17NO4/c1-9-4-5-12(8-10(9)2)14(19)15(11(3)16)7-6-13(17)18/h4-5,8H,6-7H2,1-3H3,(H,17,18). The molecule has 5 nitrogen and oxygen atoms in total. The smallest absolute Gasteiger partial charge is 0.305 e. The summed E-state index contributed by atoms with van der Waals surface area (Å²) in [5.41, 5.74) is 2.40. The number of nitrogens with zero attached hydrogens (tertiary/aromatic N) is 1. The number of rotatable bonds is 4. The van der Waals surface area contributed by atoms with Crippen molar-refractivity contribution in [3.05, 3.63) is 34.9 Å². The Morgan fingerprint density at radius 1 is 1.16 bits per heavy atom. The van der Waals surface area contributed by atoms with Gasteiger partial charge in [-0.05, 0) is 37.1 Å². The maximum atomic E-state index is 12.2. The monoisotopic (exact) mass is 263 g/mol. The van der Waals surface area contributed by atoms with Crippen LogP contribution in [0.5, 0.6) is 0 Å². The normalized spacial score (nSPS) is 10.1. The van der Waals surface area contributed by atoms with Crippen LogP contribution in [0, 0.1) is 13.8 Å². The lowest BCUT2D eigenvalue weighted by atomic mass is 10.1. The van der Waals surface area contributed by atoms with Crippen LogP contribution in [0.25, 0.3) is 0 Å². The first-order valence-corrected chi connectivity index (χ1v) is 5.94. The molecule has 0 unspecified atom stereocenters. The fourth-order valence-corrected chi connectivity index (χ4v) is 1.64. The summed E-state index contributed by atoms with van der Waals surface area (Å²) >= 11 is 0. The largest absolute Gasteiger partial charge is 0.481 e. The minimum Gasteiger partial charge on any atom is -0.481 e. The lowest BCUT2D eigenvalue weighted by Gasteiger charge is -2.18. The first-order chi connectivity index (χ1) is 8.82. The maximum absolute atomic E-state index is 12.2. The molecular weight excluding hydrogens is 246 g/mol. The third-order valence-electron chi connectivity index (χ3n) is 2.93. The Hall–Kier alpha value is -2.17. The van der Waals surface area contributed by atoms with Gasteiger partial charge < -0.3 is 5.11 Å². The molecule has 1 aromatic carbocycles. The lowest BCUT2D eigenvalue weighted by Crippen LogP contribution is -2.36. The number of amides is 2. The highest BCUT2D eigenvalue weighted by atomic mass is 16.4. The van der Waals surface area contributed by atoms with Crippen LogP contribution in [0.1, 0.15) is 34.8 Å². The van der Waals surface area contributed by atoms with Gasteiger partial charge in [-0.2, -0.15) is 0 Å². The summed E-state index contributed by atoms with van der Waals surface area (Å²) in [4.78, 5) is 35.1. The first-order valence-electron chi connectivity index (χ1n) is 5.94. The van der Waals surface area contributed by atoms with Crippen molar-refractivity contribution in [1.82, 2.24) is 4.90 Å². The number of carboxylic acid groups (broad SMARTS) is 1. The van der Waals surface area contributed by atoms with E-state index in [-0.39, 0.29) is 13.0 Å². The van der Waals surface area contributed by atoms with Crippen LogP contribution in [0.2, 0.25) is 0 Å². The van der Waals surface area contributed by atoms with Crippen LogP contribution in [0.4, 0.5) is 0 Å². The summed E-state index contributed by atoms with van der Waals surface area (Å²) < 4.78 is 0. The van der Waals surface area contributed by atoms with E-state index < -0.39 is 17.8 Å². The molecular formula is C14H17NO4. The number of carbonyl (C=O) groups excluding carboxylic acids is 2. The zero-order chi connectivity index (χ0) is 14.6. The molecule has 102 valence electrons. The van der Waals surface area contributed by atoms with Crippen molar-refractivity contribution in [1.29, 1.82) is 0 Å². The van der Waals surface area contributed by atoms with Gasteiger partial charge in [-0.1, -0.05) is 6.07 Å². The molecule has 1 aromatic rings. The lowest BCUT2D eigenvalue weighted by molar-refractivity contribution is -0.137. The third-order valence-corrected chi connectivity index (χ3v) is 2.93. The Kier molecular flexibility index (Phi) is 4.80. The molecule has 0 heterocycles. The van der Waals surface area contributed by atoms with E-state index in [4.69, 9.17) is 5.11 Å². The number of hydrogen-bond acceptors (Lipinski definition) is 3. The topological polar surface area (TPSA) is 74.7 Å². The first kappa shape index (κ1) is 14.9. The van der Waals surface area contributed by atoms with Crippen LogP contribution in [0.15, 0.2) is 18.2 Å². The molecule has 0 aromatic heterocycles. The average Bonchev–Trinajstić information content (AvgIpc) is 2.31. The van der Waals surface area contributed by atoms with Gasteiger partial charge in [0.1, 0.15) is 0 Å². The summed E-state index contributed by atoms with van der Waals surface area (Å²) in [5, 5.41) is 8.63. The van der Waals surface area contributed by atoms with Crippen molar-refractivity contribution in [2.24, 2.45) is 0 Å². The molecule has 2 amide bonds. The Morgan fingerprint density at radius 3 is 2.26 bits per heavy atom. The molecule has 0 aliphatic rings. The van der Waals surface area contributed by atoms with E-state index in [1.807, 2.05) is 13.8 Å². The van der Waals surface area contributed by atoms with E-state index >= 15 is 0 Å². The van der Waals surface area contributed by atoms with Crippen molar-refractivity contribution >= 4 is 17.8 Å². The maximum Gasteiger partial charge on any atom is 0.305 e. The van der Waals surface area contributed by atoms with Gasteiger partial charge in [-0.15, -0.1) is 0 Å². The second-order valence-corrected chi connectivity index (χ2v) is 4.42.